The molecular formula is C46H76N2O5. The fraction of sp³-hybridized carbons (Fsp3) is 0.935. The number of fused-ring (bicyclic) bond motifs is 7. The summed E-state index contributed by atoms with van der Waals surface area (Å²) in [4.78, 5) is 42.5. The van der Waals surface area contributed by atoms with Gasteiger partial charge in [-0.15, -0.1) is 0 Å². The number of nitrogens with zero attached hydrogens (tertiary/aromatic N) is 1. The highest BCUT2D eigenvalue weighted by atomic mass is 16.5. The molecule has 0 bridgehead atoms. The largest absolute Gasteiger partial charge is 0.481 e. The van der Waals surface area contributed by atoms with Crippen LogP contribution in [0.15, 0.2) is 0 Å². The first-order chi connectivity index (χ1) is 24.5. The third kappa shape index (κ3) is 6.25. The maximum absolute atomic E-state index is 15.0. The van der Waals surface area contributed by atoms with Gasteiger partial charge in [0.25, 0.3) is 0 Å². The van der Waals surface area contributed by atoms with E-state index in [-0.39, 0.29) is 51.1 Å². The topological polar surface area (TPSA) is 95.9 Å². The molecule has 1 heterocycles. The van der Waals surface area contributed by atoms with Crippen molar-refractivity contribution < 1.29 is 24.2 Å². The molecule has 0 radical (unpaired) electrons. The number of esters is 1. The molecule has 7 nitrogen and oxygen atoms in total. The highest BCUT2D eigenvalue weighted by Crippen LogP contribution is 2.79. The van der Waals surface area contributed by atoms with E-state index in [4.69, 9.17) is 4.74 Å². The summed E-state index contributed by atoms with van der Waals surface area (Å²) in [7, 11) is 0. The van der Waals surface area contributed by atoms with Crippen molar-refractivity contribution in [2.24, 2.45) is 67.5 Å². The summed E-state index contributed by atoms with van der Waals surface area (Å²) in [5.74, 6) is 1.74. The molecule has 300 valence electrons. The normalized spacial score (nSPS) is 43.4. The average molecular weight is 737 g/mol. The van der Waals surface area contributed by atoms with Gasteiger partial charge in [-0.3, -0.25) is 14.4 Å². The highest BCUT2D eigenvalue weighted by Gasteiger charge is 2.73. The van der Waals surface area contributed by atoms with Crippen molar-refractivity contribution >= 4 is 17.8 Å². The monoisotopic (exact) mass is 737 g/mol. The molecule has 6 aliphatic carbocycles. The average Bonchev–Trinajstić information content (AvgIpc) is 3.67. The van der Waals surface area contributed by atoms with Crippen molar-refractivity contribution in [3.05, 3.63) is 0 Å². The smallest absolute Gasteiger partial charge is 0.309 e. The number of aliphatic carboxylic acids is 1. The Labute approximate surface area is 322 Å². The summed E-state index contributed by atoms with van der Waals surface area (Å²) in [6.45, 7) is 26.2. The quantitative estimate of drug-likeness (QED) is 0.229. The number of ether oxygens (including phenoxy) is 1. The van der Waals surface area contributed by atoms with Gasteiger partial charge < -0.3 is 20.1 Å². The summed E-state index contributed by atoms with van der Waals surface area (Å²) in [6, 6.07) is 0. The highest BCUT2D eigenvalue weighted by molar-refractivity contribution is 5.84. The van der Waals surface area contributed by atoms with Crippen molar-refractivity contribution in [3.8, 4) is 0 Å². The Morgan fingerprint density at radius 2 is 1.42 bits per heavy atom. The number of hydrogen-bond acceptors (Lipinski definition) is 5. The number of nitrogens with one attached hydrogen (secondary N) is 1. The number of carbonyl (C=O) groups is 3. The van der Waals surface area contributed by atoms with Crippen LogP contribution in [0.25, 0.3) is 0 Å². The number of amides is 1. The molecule has 1 saturated heterocycles. The Bertz CT molecular complexity index is 1460. The molecule has 1 amide bonds. The summed E-state index contributed by atoms with van der Waals surface area (Å²) in [6.07, 6.45) is 17.3. The molecule has 0 unspecified atom stereocenters. The summed E-state index contributed by atoms with van der Waals surface area (Å²) in [5.41, 5.74) is -0.882. The van der Waals surface area contributed by atoms with Gasteiger partial charge in [-0.1, -0.05) is 48.0 Å². The van der Waals surface area contributed by atoms with Gasteiger partial charge in [0.05, 0.1) is 17.3 Å². The zero-order valence-corrected chi connectivity index (χ0v) is 35.4. The lowest BCUT2D eigenvalue weighted by Gasteiger charge is -2.73. The second kappa shape index (κ2) is 12.9. The van der Waals surface area contributed by atoms with Crippen LogP contribution in [-0.4, -0.2) is 59.1 Å². The Morgan fingerprint density at radius 1 is 0.736 bits per heavy atom. The van der Waals surface area contributed by atoms with E-state index in [0.29, 0.717) is 40.9 Å². The van der Waals surface area contributed by atoms with E-state index < -0.39 is 11.4 Å². The van der Waals surface area contributed by atoms with Gasteiger partial charge in [-0.2, -0.15) is 0 Å². The minimum atomic E-state index is -1.14. The van der Waals surface area contributed by atoms with E-state index >= 15 is 4.79 Å². The van der Waals surface area contributed by atoms with E-state index in [1.54, 1.807) is 13.8 Å². The van der Waals surface area contributed by atoms with Gasteiger partial charge in [-0.05, 0) is 182 Å². The molecule has 7 rings (SSSR count). The molecule has 2 N–H and O–H groups in total. The van der Waals surface area contributed by atoms with Crippen LogP contribution in [0.4, 0.5) is 0 Å². The number of piperidine rings is 1. The van der Waals surface area contributed by atoms with Crippen LogP contribution in [-0.2, 0) is 19.1 Å². The molecule has 0 aromatic heterocycles. The summed E-state index contributed by atoms with van der Waals surface area (Å²) < 4.78 is 6.22. The minimum absolute atomic E-state index is 0.103. The van der Waals surface area contributed by atoms with Crippen molar-refractivity contribution in [3.63, 3.8) is 0 Å². The van der Waals surface area contributed by atoms with Gasteiger partial charge in [0.2, 0.25) is 5.91 Å². The zero-order valence-electron chi connectivity index (χ0n) is 35.4. The molecule has 6 saturated carbocycles. The molecular weight excluding hydrogens is 661 g/mol. The van der Waals surface area contributed by atoms with Crippen LogP contribution >= 0.6 is 0 Å². The molecule has 0 aromatic rings. The van der Waals surface area contributed by atoms with Crippen LogP contribution < -0.4 is 5.32 Å². The van der Waals surface area contributed by atoms with Crippen molar-refractivity contribution in [2.75, 3.05) is 19.6 Å². The molecule has 7 aliphatic rings. The SMILES string of the molecule is CC(C)(CN1CCCCC1)NC(=O)[C@]12CC[C@@H](C3(C)CC3)[C@@H]1[C@H]1CC[C@@H]3[C@@]4(C)CC[C@H](OC(=O)CC(C)(C)C(=O)O)C(C)(C)[C@@H]4CC[C@@]3(C)[C@]1(C)CC2. The first-order valence-electron chi connectivity index (χ1n) is 22.0. The second-order valence-corrected chi connectivity index (χ2v) is 23.0. The van der Waals surface area contributed by atoms with E-state index in [0.717, 1.165) is 58.2 Å². The number of likely N-dealkylation sites (tertiary alicyclic amines) is 1. The van der Waals surface area contributed by atoms with Crippen molar-refractivity contribution in [1.29, 1.82) is 0 Å². The van der Waals surface area contributed by atoms with E-state index in [1.165, 1.54) is 57.8 Å². The standard InChI is InChI=1S/C46H76N2O5/c1-39(2,38(51)52)28-35(49)53-34-18-19-43(8)32(41(34,5)6)17-20-45(10)33(43)15-14-31-36-30(42(7)22-23-42)16-21-46(36,25-24-44(31,45)9)37(50)47-40(3,4)29-48-26-12-11-13-27-48/h30-34,36H,11-29H2,1-10H3,(H,47,50)(H,51,52)/t30-,31-,32+,33-,34+,36-,43+,44-,45-,46+/m1/s1. The third-order valence-electron chi connectivity index (χ3n) is 18.7. The number of carboxylic acid groups (broad SMARTS) is 1. The maximum Gasteiger partial charge on any atom is 0.309 e. The lowest BCUT2D eigenvalue weighted by molar-refractivity contribution is -0.251. The fourth-order valence-electron chi connectivity index (χ4n) is 15.3. The third-order valence-corrected chi connectivity index (χ3v) is 18.7. The van der Waals surface area contributed by atoms with Gasteiger partial charge in [-0.25, -0.2) is 0 Å². The van der Waals surface area contributed by atoms with Gasteiger partial charge in [0.1, 0.15) is 6.10 Å². The first-order valence-corrected chi connectivity index (χ1v) is 22.0. The molecule has 0 aromatic carbocycles. The number of hydrogen-bond donors (Lipinski definition) is 2. The van der Waals surface area contributed by atoms with E-state index in [2.05, 4.69) is 65.6 Å². The van der Waals surface area contributed by atoms with Crippen molar-refractivity contribution in [2.45, 2.75) is 184 Å². The fourth-order valence-corrected chi connectivity index (χ4v) is 15.3. The summed E-state index contributed by atoms with van der Waals surface area (Å²) >= 11 is 0. The Kier molecular flexibility index (Phi) is 9.68. The number of carbonyl (C=O) groups excluding carboxylic acids is 2. The first kappa shape index (κ1) is 39.6. The molecule has 7 heteroatoms. The van der Waals surface area contributed by atoms with E-state index in [1.807, 2.05) is 0 Å². The lowest BCUT2D eigenvalue weighted by Crippen LogP contribution is -2.68. The van der Waals surface area contributed by atoms with Crippen LogP contribution in [0.5, 0.6) is 0 Å². The number of carboxylic acids is 1. The zero-order chi connectivity index (χ0) is 38.6. The van der Waals surface area contributed by atoms with Crippen LogP contribution in [0.3, 0.4) is 0 Å². The van der Waals surface area contributed by atoms with Crippen LogP contribution in [0, 0.1) is 67.5 Å². The molecule has 53 heavy (non-hydrogen) atoms. The van der Waals surface area contributed by atoms with Gasteiger partial charge in [0.15, 0.2) is 0 Å². The Balaban J connectivity index is 1.13. The van der Waals surface area contributed by atoms with E-state index in [9.17, 15) is 14.7 Å². The Morgan fingerprint density at radius 3 is 2.06 bits per heavy atom. The maximum atomic E-state index is 15.0. The predicted octanol–water partition coefficient (Wildman–Crippen LogP) is 9.66. The lowest BCUT2D eigenvalue weighted by atomic mass is 9.32. The van der Waals surface area contributed by atoms with Crippen molar-refractivity contribution in [1.82, 2.24) is 10.2 Å². The second-order valence-electron chi connectivity index (χ2n) is 23.0. The minimum Gasteiger partial charge on any atom is -0.481 e. The molecule has 7 fully saturated rings. The Hall–Kier alpha value is -1.63. The van der Waals surface area contributed by atoms with Crippen LogP contribution in [0.2, 0.25) is 0 Å². The predicted molar refractivity (Wildman–Crippen MR) is 210 cm³/mol. The molecule has 0 spiro atoms. The van der Waals surface area contributed by atoms with Crippen LogP contribution in [0.1, 0.15) is 172 Å². The molecule has 10 atom stereocenters. The number of rotatable bonds is 9. The van der Waals surface area contributed by atoms with Gasteiger partial charge >= 0.3 is 11.9 Å². The molecule has 1 aliphatic heterocycles. The van der Waals surface area contributed by atoms with Gasteiger partial charge in [0, 0.05) is 17.5 Å². The summed E-state index contributed by atoms with van der Waals surface area (Å²) in [5, 5.41) is 13.4.